The monoisotopic (exact) mass is 237 g/mol. The highest BCUT2D eigenvalue weighted by atomic mass is 127. The van der Waals surface area contributed by atoms with Gasteiger partial charge >= 0.3 is 0 Å². The van der Waals surface area contributed by atoms with E-state index in [1.165, 1.54) is 25.7 Å². The topological polar surface area (TPSA) is 12.0 Å². The molecule has 2 aliphatic heterocycles. The Kier molecular flexibility index (Phi) is 1.69. The van der Waals surface area contributed by atoms with Crippen LogP contribution in [0.15, 0.2) is 0 Å². The summed E-state index contributed by atoms with van der Waals surface area (Å²) in [5, 5.41) is 3.62. The van der Waals surface area contributed by atoms with E-state index in [1.807, 2.05) is 0 Å². The SMILES string of the molecule is IC1CC2CCC(C1)N2. The third kappa shape index (κ3) is 1.24. The first-order valence-electron chi connectivity index (χ1n) is 3.75. The first-order chi connectivity index (χ1) is 4.34. The number of hydrogen-bond donors (Lipinski definition) is 1. The molecule has 2 saturated heterocycles. The molecular formula is C7H12IN. The van der Waals surface area contributed by atoms with Gasteiger partial charge in [-0.2, -0.15) is 0 Å². The molecule has 2 bridgehead atoms. The standard InChI is InChI=1S/C7H12IN/c8-5-3-6-1-2-7(4-5)9-6/h5-7,9H,1-4H2. The van der Waals surface area contributed by atoms with Crippen LogP contribution in [0.4, 0.5) is 0 Å². The smallest absolute Gasteiger partial charge is 0.0139 e. The van der Waals surface area contributed by atoms with Gasteiger partial charge in [0.2, 0.25) is 0 Å². The second-order valence-electron chi connectivity index (χ2n) is 3.21. The first-order valence-corrected chi connectivity index (χ1v) is 4.99. The van der Waals surface area contributed by atoms with E-state index in [0.717, 1.165) is 16.0 Å². The van der Waals surface area contributed by atoms with Crippen LogP contribution in [-0.4, -0.2) is 16.0 Å². The van der Waals surface area contributed by atoms with Crippen LogP contribution in [0, 0.1) is 0 Å². The summed E-state index contributed by atoms with van der Waals surface area (Å²) in [5.74, 6) is 0. The highest BCUT2D eigenvalue weighted by Crippen LogP contribution is 2.30. The van der Waals surface area contributed by atoms with Gasteiger partial charge in [0.05, 0.1) is 0 Å². The fourth-order valence-corrected chi connectivity index (χ4v) is 3.22. The average molecular weight is 237 g/mol. The molecule has 2 fully saturated rings. The van der Waals surface area contributed by atoms with Gasteiger partial charge in [0.1, 0.15) is 0 Å². The number of hydrogen-bond acceptors (Lipinski definition) is 1. The van der Waals surface area contributed by atoms with Gasteiger partial charge in [0, 0.05) is 16.0 Å². The van der Waals surface area contributed by atoms with Crippen molar-refractivity contribution in [3.8, 4) is 0 Å². The number of halogens is 1. The molecule has 2 atom stereocenters. The van der Waals surface area contributed by atoms with Crippen molar-refractivity contribution in [2.45, 2.75) is 41.7 Å². The van der Waals surface area contributed by atoms with Gasteiger partial charge < -0.3 is 5.32 Å². The van der Waals surface area contributed by atoms with Crippen molar-refractivity contribution >= 4 is 22.6 Å². The molecule has 0 spiro atoms. The second kappa shape index (κ2) is 2.38. The lowest BCUT2D eigenvalue weighted by Crippen LogP contribution is -2.38. The molecule has 0 amide bonds. The predicted octanol–water partition coefficient (Wildman–Crippen LogP) is 1.70. The van der Waals surface area contributed by atoms with Gasteiger partial charge in [-0.15, -0.1) is 0 Å². The molecule has 9 heavy (non-hydrogen) atoms. The van der Waals surface area contributed by atoms with Crippen LogP contribution in [0.2, 0.25) is 0 Å². The Morgan fingerprint density at radius 3 is 2.22 bits per heavy atom. The van der Waals surface area contributed by atoms with Crippen LogP contribution in [0.25, 0.3) is 0 Å². The van der Waals surface area contributed by atoms with E-state index in [9.17, 15) is 0 Å². The van der Waals surface area contributed by atoms with Crippen molar-refractivity contribution in [2.24, 2.45) is 0 Å². The molecule has 2 heteroatoms. The number of fused-ring (bicyclic) bond motifs is 2. The zero-order valence-electron chi connectivity index (χ0n) is 5.44. The molecule has 1 nitrogen and oxygen atoms in total. The second-order valence-corrected chi connectivity index (χ2v) is 4.97. The zero-order valence-corrected chi connectivity index (χ0v) is 7.60. The third-order valence-corrected chi connectivity index (χ3v) is 3.43. The van der Waals surface area contributed by atoms with Crippen LogP contribution in [0.5, 0.6) is 0 Å². The van der Waals surface area contributed by atoms with Gasteiger partial charge in [-0.1, -0.05) is 22.6 Å². The fraction of sp³-hybridized carbons (Fsp3) is 1.00. The summed E-state index contributed by atoms with van der Waals surface area (Å²) in [4.78, 5) is 0. The predicted molar refractivity (Wildman–Crippen MR) is 47.0 cm³/mol. The van der Waals surface area contributed by atoms with Gasteiger partial charge in [0.25, 0.3) is 0 Å². The number of alkyl halides is 1. The third-order valence-electron chi connectivity index (χ3n) is 2.42. The Bertz CT molecular complexity index is 103. The molecule has 0 radical (unpaired) electrons. The van der Waals surface area contributed by atoms with E-state index in [-0.39, 0.29) is 0 Å². The lowest BCUT2D eigenvalue weighted by Gasteiger charge is -2.24. The van der Waals surface area contributed by atoms with Crippen molar-refractivity contribution in [1.82, 2.24) is 5.32 Å². The van der Waals surface area contributed by atoms with Gasteiger partial charge in [-0.25, -0.2) is 0 Å². The molecule has 0 saturated carbocycles. The highest BCUT2D eigenvalue weighted by molar-refractivity contribution is 14.1. The maximum Gasteiger partial charge on any atom is 0.0139 e. The maximum absolute atomic E-state index is 3.62. The molecule has 2 unspecified atom stereocenters. The van der Waals surface area contributed by atoms with Crippen molar-refractivity contribution in [2.75, 3.05) is 0 Å². The lowest BCUT2D eigenvalue weighted by molar-refractivity contribution is 0.423. The van der Waals surface area contributed by atoms with E-state index < -0.39 is 0 Å². The minimum Gasteiger partial charge on any atom is -0.311 e. The molecule has 0 aromatic heterocycles. The van der Waals surface area contributed by atoms with E-state index >= 15 is 0 Å². The number of nitrogens with one attached hydrogen (secondary N) is 1. The summed E-state index contributed by atoms with van der Waals surface area (Å²) in [6.45, 7) is 0. The summed E-state index contributed by atoms with van der Waals surface area (Å²) in [6.07, 6.45) is 5.70. The first kappa shape index (κ1) is 6.40. The summed E-state index contributed by atoms with van der Waals surface area (Å²) < 4.78 is 0.960. The summed E-state index contributed by atoms with van der Waals surface area (Å²) >= 11 is 2.59. The molecule has 52 valence electrons. The van der Waals surface area contributed by atoms with Crippen LogP contribution in [-0.2, 0) is 0 Å². The molecule has 1 N–H and O–H groups in total. The van der Waals surface area contributed by atoms with Crippen molar-refractivity contribution < 1.29 is 0 Å². The number of rotatable bonds is 0. The Balaban J connectivity index is 2.03. The van der Waals surface area contributed by atoms with Crippen LogP contribution in [0.1, 0.15) is 25.7 Å². The maximum atomic E-state index is 3.62. The molecule has 0 aromatic carbocycles. The Morgan fingerprint density at radius 1 is 1.11 bits per heavy atom. The molecular weight excluding hydrogens is 225 g/mol. The van der Waals surface area contributed by atoms with Crippen LogP contribution in [0.3, 0.4) is 0 Å². The van der Waals surface area contributed by atoms with E-state index in [4.69, 9.17) is 0 Å². The van der Waals surface area contributed by atoms with E-state index in [1.54, 1.807) is 0 Å². The minimum atomic E-state index is 0.880. The average Bonchev–Trinajstić information content (AvgIpc) is 2.11. The van der Waals surface area contributed by atoms with E-state index in [2.05, 4.69) is 27.9 Å². The largest absolute Gasteiger partial charge is 0.311 e. The Morgan fingerprint density at radius 2 is 1.67 bits per heavy atom. The Hall–Kier alpha value is 0.690. The van der Waals surface area contributed by atoms with E-state index in [0.29, 0.717) is 0 Å². The van der Waals surface area contributed by atoms with Crippen molar-refractivity contribution in [1.29, 1.82) is 0 Å². The van der Waals surface area contributed by atoms with Crippen molar-refractivity contribution in [3.05, 3.63) is 0 Å². The summed E-state index contributed by atoms with van der Waals surface area (Å²) in [7, 11) is 0. The van der Waals surface area contributed by atoms with Crippen molar-refractivity contribution in [3.63, 3.8) is 0 Å². The van der Waals surface area contributed by atoms with Crippen LogP contribution < -0.4 is 5.32 Å². The Labute approximate surface area is 69.7 Å². The highest BCUT2D eigenvalue weighted by Gasteiger charge is 2.31. The normalized spacial score (nSPS) is 49.7. The van der Waals surface area contributed by atoms with Gasteiger partial charge in [-0.3, -0.25) is 0 Å². The molecule has 0 aliphatic carbocycles. The summed E-state index contributed by atoms with van der Waals surface area (Å²) in [5.41, 5.74) is 0. The molecule has 2 heterocycles. The lowest BCUT2D eigenvalue weighted by atomic mass is 10.1. The van der Waals surface area contributed by atoms with Gasteiger partial charge in [0.15, 0.2) is 0 Å². The molecule has 0 aromatic rings. The molecule has 2 rings (SSSR count). The number of piperidine rings is 1. The fourth-order valence-electron chi connectivity index (χ4n) is 1.99. The zero-order chi connectivity index (χ0) is 6.27. The minimum absolute atomic E-state index is 0.880. The van der Waals surface area contributed by atoms with Crippen LogP contribution >= 0.6 is 22.6 Å². The van der Waals surface area contributed by atoms with Gasteiger partial charge in [-0.05, 0) is 25.7 Å². The molecule has 2 aliphatic rings. The summed E-state index contributed by atoms with van der Waals surface area (Å²) in [6, 6.07) is 1.76. The quantitative estimate of drug-likeness (QED) is 0.499.